The first kappa shape index (κ1) is 39.9. The number of hydrogen-bond acceptors (Lipinski definition) is 15. The summed E-state index contributed by atoms with van der Waals surface area (Å²) < 4.78 is 29.5. The summed E-state index contributed by atoms with van der Waals surface area (Å²) in [7, 11) is 0. The van der Waals surface area contributed by atoms with Crippen LogP contribution in [0.2, 0.25) is 0 Å². The number of amidine groups is 1. The molecular formula is C40H41N4O14+. The van der Waals surface area contributed by atoms with E-state index in [4.69, 9.17) is 29.1 Å². The highest BCUT2D eigenvalue weighted by atomic mass is 16.7. The van der Waals surface area contributed by atoms with Gasteiger partial charge in [-0.25, -0.2) is 9.79 Å². The Kier molecular flexibility index (Phi) is 11.2. The second-order valence-corrected chi connectivity index (χ2v) is 14.0. The molecule has 0 aromatic heterocycles. The number of phenols is 2. The van der Waals surface area contributed by atoms with Crippen molar-refractivity contribution in [3.63, 3.8) is 0 Å². The first-order chi connectivity index (χ1) is 27.7. The summed E-state index contributed by atoms with van der Waals surface area (Å²) in [4.78, 5) is 24.3. The molecule has 3 aromatic rings. The molecule has 0 bridgehead atoms. The largest absolute Gasteiger partial charge is 0.508 e. The normalized spacial score (nSPS) is 25.3. The monoisotopic (exact) mass is 801 g/mol. The Hall–Kier alpha value is -6.31. The number of aliphatic imine (C=N–C) groups is 3. The van der Waals surface area contributed by atoms with Crippen LogP contribution in [0, 0.1) is 0 Å². The Balaban J connectivity index is 1.17. The lowest BCUT2D eigenvalue weighted by atomic mass is 9.80. The van der Waals surface area contributed by atoms with Gasteiger partial charge in [-0.05, 0) is 58.4 Å². The van der Waals surface area contributed by atoms with Gasteiger partial charge < -0.3 is 64.5 Å². The molecule has 7 atom stereocenters. The number of aliphatic hydroxyl groups is 5. The van der Waals surface area contributed by atoms with Gasteiger partial charge in [-0.3, -0.25) is 10.4 Å². The minimum atomic E-state index is -2.55. The highest BCUT2D eigenvalue weighted by Gasteiger charge is 2.59. The number of carboxylic acid groups (broad SMARTS) is 1. The van der Waals surface area contributed by atoms with Gasteiger partial charge in [-0.15, -0.1) is 0 Å². The molecule has 58 heavy (non-hydrogen) atoms. The molecule has 4 heterocycles. The van der Waals surface area contributed by atoms with Crippen LogP contribution in [-0.2, 0) is 22.6 Å². The molecule has 4 aliphatic rings. The van der Waals surface area contributed by atoms with Crippen molar-refractivity contribution >= 4 is 35.3 Å². The maximum atomic E-state index is 12.4. The number of aryl methyl sites for hydroxylation is 1. The molecule has 0 spiro atoms. The van der Waals surface area contributed by atoms with Crippen molar-refractivity contribution in [1.29, 1.82) is 0 Å². The summed E-state index contributed by atoms with van der Waals surface area (Å²) in [5.74, 6) is -3.01. The number of phenolic OH excluding ortho intramolecular Hbond substituents is 2. The molecule has 0 aliphatic carbocycles. The number of rotatable bonds is 14. The third kappa shape index (κ3) is 8.09. The summed E-state index contributed by atoms with van der Waals surface area (Å²) in [5.41, 5.74) is -0.324. The van der Waals surface area contributed by atoms with E-state index in [0.717, 1.165) is 5.56 Å². The topological polar surface area (TPSA) is 288 Å². The molecule has 0 amide bonds. The number of fused-ring (bicyclic) bond motifs is 1. The SMILES string of the molecule is CCc1cc(O)cc(COc2c(OC3OC(C(=O)O)C(O)(CC4=NC=NC4)C(O)C3O)cc3c(c2O)C(O)=CC(c2ccc(OCC(O)C4=NC(=[NH2+])C=C4)cc2)O3)c1. The first-order valence-electron chi connectivity index (χ1n) is 18.1. The molecule has 10 N–H and O–H groups in total. The van der Waals surface area contributed by atoms with Crippen molar-refractivity contribution in [2.24, 2.45) is 15.0 Å². The number of aliphatic hydroxyl groups excluding tert-OH is 4. The third-order valence-corrected chi connectivity index (χ3v) is 9.86. The smallest absolute Gasteiger partial charge is 0.336 e. The molecule has 0 radical (unpaired) electrons. The Labute approximate surface area is 330 Å². The van der Waals surface area contributed by atoms with Gasteiger partial charge in [-0.1, -0.05) is 25.1 Å². The molecule has 7 unspecified atom stereocenters. The average molecular weight is 802 g/mol. The van der Waals surface area contributed by atoms with Crippen LogP contribution in [0.4, 0.5) is 0 Å². The van der Waals surface area contributed by atoms with Crippen LogP contribution < -0.4 is 24.4 Å². The van der Waals surface area contributed by atoms with Crippen molar-refractivity contribution in [1.82, 2.24) is 0 Å². The summed E-state index contributed by atoms with van der Waals surface area (Å²) in [6.45, 7) is 1.58. The standard InChI is InChI=1S/C40H40N4O14/c1-2-19-9-20(11-23(45)10-19)16-55-35-30(57-39-34(49)36(50)40(53,37(58-39)38(51)52)14-22-15-42-18-43-22)13-29-32(33(35)48)26(46)12-28(56-29)21-3-5-24(6-4-21)54-17-27(47)25-7-8-31(41)44-25/h3-13,18,27-28,34,36-37,39,41,45-50,53H,2,14-17H2,1H3,(H,51,52)/p+1. The second kappa shape index (κ2) is 16.3. The molecule has 1 saturated heterocycles. The predicted molar refractivity (Wildman–Crippen MR) is 205 cm³/mol. The van der Waals surface area contributed by atoms with E-state index < -0.39 is 72.1 Å². The number of nitrogens with zero attached hydrogens (tertiary/aromatic N) is 3. The van der Waals surface area contributed by atoms with Gasteiger partial charge in [0.1, 0.15) is 72.0 Å². The zero-order chi connectivity index (χ0) is 41.3. The van der Waals surface area contributed by atoms with E-state index in [1.807, 2.05) is 6.92 Å². The van der Waals surface area contributed by atoms with E-state index in [1.54, 1.807) is 48.6 Å². The quantitative estimate of drug-likeness (QED) is 0.109. The van der Waals surface area contributed by atoms with Crippen LogP contribution in [-0.4, -0.2) is 120 Å². The molecule has 7 rings (SSSR count). The molecule has 0 saturated carbocycles. The molecule has 18 nitrogen and oxygen atoms in total. The van der Waals surface area contributed by atoms with Gasteiger partial charge in [0.15, 0.2) is 29.4 Å². The van der Waals surface area contributed by atoms with Crippen LogP contribution >= 0.6 is 0 Å². The Morgan fingerprint density at radius 1 is 1.05 bits per heavy atom. The van der Waals surface area contributed by atoms with Gasteiger partial charge in [0.25, 0.3) is 0 Å². The summed E-state index contributed by atoms with van der Waals surface area (Å²) in [5, 5.41) is 93.1. The Bertz CT molecular complexity index is 2250. The van der Waals surface area contributed by atoms with E-state index in [1.165, 1.54) is 24.5 Å². The van der Waals surface area contributed by atoms with E-state index in [9.17, 15) is 45.6 Å². The van der Waals surface area contributed by atoms with Gasteiger partial charge in [0.2, 0.25) is 12.0 Å². The number of benzene rings is 3. The highest BCUT2D eigenvalue weighted by Crippen LogP contribution is 2.51. The molecule has 304 valence electrons. The van der Waals surface area contributed by atoms with Crippen LogP contribution in [0.3, 0.4) is 0 Å². The summed E-state index contributed by atoms with van der Waals surface area (Å²) >= 11 is 0. The van der Waals surface area contributed by atoms with Crippen molar-refractivity contribution in [3.8, 4) is 34.5 Å². The lowest BCUT2D eigenvalue weighted by molar-refractivity contribution is -0.303. The Morgan fingerprint density at radius 2 is 1.81 bits per heavy atom. The Morgan fingerprint density at radius 3 is 2.48 bits per heavy atom. The lowest BCUT2D eigenvalue weighted by Crippen LogP contribution is -2.69. The second-order valence-electron chi connectivity index (χ2n) is 14.0. The van der Waals surface area contributed by atoms with Crippen molar-refractivity contribution < 1.29 is 74.7 Å². The van der Waals surface area contributed by atoms with E-state index in [-0.39, 0.29) is 54.1 Å². The average Bonchev–Trinajstić information content (AvgIpc) is 3.88. The van der Waals surface area contributed by atoms with E-state index >= 15 is 0 Å². The number of hydrogen-bond donors (Lipinski definition) is 9. The molecule has 3 aromatic carbocycles. The fourth-order valence-electron chi connectivity index (χ4n) is 6.88. The van der Waals surface area contributed by atoms with Crippen molar-refractivity contribution in [2.75, 3.05) is 13.2 Å². The summed E-state index contributed by atoms with van der Waals surface area (Å²) in [6, 6.07) is 12.5. The van der Waals surface area contributed by atoms with Gasteiger partial charge in [0, 0.05) is 30.4 Å². The minimum absolute atomic E-state index is 0.0304. The van der Waals surface area contributed by atoms with Crippen LogP contribution in [0.25, 0.3) is 5.76 Å². The zero-order valence-corrected chi connectivity index (χ0v) is 30.9. The van der Waals surface area contributed by atoms with E-state index in [2.05, 4.69) is 15.0 Å². The zero-order valence-electron chi connectivity index (χ0n) is 30.9. The number of carbonyl (C=O) groups is 1. The van der Waals surface area contributed by atoms with Gasteiger partial charge >= 0.3 is 11.8 Å². The number of ether oxygens (including phenoxy) is 5. The fourth-order valence-corrected chi connectivity index (χ4v) is 6.88. The third-order valence-electron chi connectivity index (χ3n) is 9.86. The van der Waals surface area contributed by atoms with Crippen molar-refractivity contribution in [3.05, 3.63) is 89.0 Å². The van der Waals surface area contributed by atoms with Gasteiger partial charge in [-0.2, -0.15) is 0 Å². The molecule has 1 fully saturated rings. The number of carboxylic acids is 1. The van der Waals surface area contributed by atoms with Crippen LogP contribution in [0.1, 0.15) is 41.7 Å². The van der Waals surface area contributed by atoms with Gasteiger partial charge in [0.05, 0.1) is 6.54 Å². The highest BCUT2D eigenvalue weighted by molar-refractivity contribution is 6.14. The predicted octanol–water partition coefficient (Wildman–Crippen LogP) is 0.694. The van der Waals surface area contributed by atoms with Crippen LogP contribution in [0.15, 0.2) is 81.7 Å². The first-order valence-corrected chi connectivity index (χ1v) is 18.1. The number of nitrogens with two attached hydrogens (primary N) is 1. The van der Waals surface area contributed by atoms with Crippen LogP contribution in [0.5, 0.6) is 34.5 Å². The number of aromatic hydroxyl groups is 2. The fraction of sp³-hybridized carbons (Fsp3) is 0.325. The van der Waals surface area contributed by atoms with E-state index in [0.29, 0.717) is 29.0 Å². The summed E-state index contributed by atoms with van der Waals surface area (Å²) in [6.07, 6.45) is -4.45. The minimum Gasteiger partial charge on any atom is -0.508 e. The molecule has 18 heteroatoms. The van der Waals surface area contributed by atoms with Crippen molar-refractivity contribution in [2.45, 2.75) is 68.8 Å². The molecular weight excluding hydrogens is 760 g/mol. The number of aliphatic carboxylic acids is 1. The maximum Gasteiger partial charge on any atom is 0.336 e. The maximum absolute atomic E-state index is 12.4. The molecule has 4 aliphatic heterocycles. The lowest BCUT2D eigenvalue weighted by Gasteiger charge is -2.46.